The van der Waals surface area contributed by atoms with Gasteiger partial charge in [-0.2, -0.15) is 0 Å². The van der Waals surface area contributed by atoms with Crippen LogP contribution in [0.15, 0.2) is 22.7 Å². The average molecular weight is 272 g/mol. The zero-order chi connectivity index (χ0) is 10.8. The first-order valence-corrected chi connectivity index (χ1v) is 5.74. The second kappa shape index (κ2) is 4.41. The van der Waals surface area contributed by atoms with Crippen LogP contribution in [0.5, 0.6) is 11.5 Å². The van der Waals surface area contributed by atoms with Crippen LogP contribution in [0.1, 0.15) is 12.8 Å². The number of methoxy groups -OCH3 is 1. The summed E-state index contributed by atoms with van der Waals surface area (Å²) in [5, 5.41) is 0. The van der Waals surface area contributed by atoms with Crippen LogP contribution in [-0.2, 0) is 0 Å². The summed E-state index contributed by atoms with van der Waals surface area (Å²) in [5.74, 6) is 1.67. The molecule has 0 heterocycles. The van der Waals surface area contributed by atoms with E-state index in [2.05, 4.69) is 15.9 Å². The van der Waals surface area contributed by atoms with E-state index in [0.29, 0.717) is 6.04 Å². The van der Waals surface area contributed by atoms with Crippen LogP contribution < -0.4 is 15.2 Å². The lowest BCUT2D eigenvalue weighted by atomic mass is 9.90. The molecule has 2 N–H and O–H groups in total. The Hall–Kier alpha value is -0.740. The fourth-order valence-electron chi connectivity index (χ4n) is 1.59. The average Bonchev–Trinajstić information content (AvgIpc) is 2.18. The molecule has 0 unspecified atom stereocenters. The molecule has 82 valence electrons. The van der Waals surface area contributed by atoms with E-state index in [0.717, 1.165) is 28.8 Å². The van der Waals surface area contributed by atoms with E-state index in [1.807, 2.05) is 18.2 Å². The molecule has 1 aromatic rings. The fourth-order valence-corrected chi connectivity index (χ4v) is 2.04. The second-order valence-corrected chi connectivity index (χ2v) is 4.62. The third kappa shape index (κ3) is 2.44. The Kier molecular flexibility index (Phi) is 3.17. The van der Waals surface area contributed by atoms with Crippen LogP contribution in [-0.4, -0.2) is 19.3 Å². The van der Waals surface area contributed by atoms with Gasteiger partial charge < -0.3 is 15.2 Å². The number of ether oxygens (including phenoxy) is 2. The summed E-state index contributed by atoms with van der Waals surface area (Å²) < 4.78 is 11.8. The Morgan fingerprint density at radius 1 is 1.40 bits per heavy atom. The molecule has 0 aliphatic heterocycles. The minimum absolute atomic E-state index is 0.268. The molecule has 0 amide bonds. The molecule has 0 saturated heterocycles. The largest absolute Gasteiger partial charge is 0.497 e. The van der Waals surface area contributed by atoms with Gasteiger partial charge in [0, 0.05) is 6.04 Å². The summed E-state index contributed by atoms with van der Waals surface area (Å²) in [4.78, 5) is 0. The smallest absolute Gasteiger partial charge is 0.134 e. The Balaban J connectivity index is 2.02. The van der Waals surface area contributed by atoms with Gasteiger partial charge in [0.2, 0.25) is 0 Å². The molecule has 0 spiro atoms. The van der Waals surface area contributed by atoms with E-state index < -0.39 is 0 Å². The normalized spacial score (nSPS) is 24.5. The highest BCUT2D eigenvalue weighted by atomic mass is 79.9. The Morgan fingerprint density at radius 3 is 2.67 bits per heavy atom. The predicted octanol–water partition coefficient (Wildman–Crippen LogP) is 2.33. The molecular weight excluding hydrogens is 258 g/mol. The number of rotatable bonds is 3. The molecule has 1 aliphatic carbocycles. The van der Waals surface area contributed by atoms with Crippen molar-refractivity contribution in [3.63, 3.8) is 0 Å². The quantitative estimate of drug-likeness (QED) is 0.918. The molecule has 1 aliphatic rings. The van der Waals surface area contributed by atoms with Gasteiger partial charge in [0.15, 0.2) is 0 Å². The van der Waals surface area contributed by atoms with Crippen molar-refractivity contribution in [2.24, 2.45) is 5.73 Å². The third-order valence-electron chi connectivity index (χ3n) is 2.56. The Labute approximate surface area is 97.7 Å². The summed E-state index contributed by atoms with van der Waals surface area (Å²) in [5.41, 5.74) is 5.69. The molecule has 3 nitrogen and oxygen atoms in total. The first-order chi connectivity index (χ1) is 7.19. The maximum absolute atomic E-state index is 5.77. The van der Waals surface area contributed by atoms with E-state index >= 15 is 0 Å². The molecule has 15 heavy (non-hydrogen) atoms. The lowest BCUT2D eigenvalue weighted by Gasteiger charge is -2.32. The maximum atomic E-state index is 5.77. The van der Waals surface area contributed by atoms with Crippen LogP contribution in [0.2, 0.25) is 0 Å². The van der Waals surface area contributed by atoms with E-state index in [9.17, 15) is 0 Å². The fraction of sp³-hybridized carbons (Fsp3) is 0.455. The van der Waals surface area contributed by atoms with Gasteiger partial charge in [0.1, 0.15) is 17.6 Å². The number of hydrogen-bond acceptors (Lipinski definition) is 3. The minimum Gasteiger partial charge on any atom is -0.497 e. The van der Waals surface area contributed by atoms with Crippen LogP contribution in [0.25, 0.3) is 0 Å². The number of nitrogens with two attached hydrogens (primary N) is 1. The van der Waals surface area contributed by atoms with Gasteiger partial charge in [0.05, 0.1) is 11.6 Å². The van der Waals surface area contributed by atoms with E-state index in [4.69, 9.17) is 15.2 Å². The lowest BCUT2D eigenvalue weighted by molar-refractivity contribution is 0.0999. The van der Waals surface area contributed by atoms with Crippen LogP contribution >= 0.6 is 15.9 Å². The van der Waals surface area contributed by atoms with Gasteiger partial charge in [-0.3, -0.25) is 0 Å². The van der Waals surface area contributed by atoms with E-state index in [1.165, 1.54) is 0 Å². The highest BCUT2D eigenvalue weighted by Crippen LogP contribution is 2.32. The summed E-state index contributed by atoms with van der Waals surface area (Å²) >= 11 is 3.45. The van der Waals surface area contributed by atoms with E-state index in [1.54, 1.807) is 7.11 Å². The van der Waals surface area contributed by atoms with Crippen molar-refractivity contribution in [2.45, 2.75) is 25.0 Å². The monoisotopic (exact) mass is 271 g/mol. The summed E-state index contributed by atoms with van der Waals surface area (Å²) in [7, 11) is 1.65. The topological polar surface area (TPSA) is 44.5 Å². The van der Waals surface area contributed by atoms with Crippen molar-refractivity contribution in [3.8, 4) is 11.5 Å². The van der Waals surface area contributed by atoms with Crippen molar-refractivity contribution >= 4 is 15.9 Å². The molecular formula is C11H14BrNO2. The zero-order valence-electron chi connectivity index (χ0n) is 8.57. The molecule has 1 fully saturated rings. The molecule has 1 aromatic carbocycles. The Morgan fingerprint density at radius 2 is 2.13 bits per heavy atom. The molecule has 4 heteroatoms. The molecule has 0 radical (unpaired) electrons. The molecule has 2 rings (SSSR count). The first-order valence-electron chi connectivity index (χ1n) is 4.95. The van der Waals surface area contributed by atoms with Crippen molar-refractivity contribution in [3.05, 3.63) is 22.7 Å². The highest BCUT2D eigenvalue weighted by molar-refractivity contribution is 9.10. The van der Waals surface area contributed by atoms with Gasteiger partial charge in [-0.1, -0.05) is 0 Å². The number of benzene rings is 1. The van der Waals surface area contributed by atoms with E-state index in [-0.39, 0.29) is 6.10 Å². The van der Waals surface area contributed by atoms with Gasteiger partial charge in [-0.15, -0.1) is 0 Å². The highest BCUT2D eigenvalue weighted by Gasteiger charge is 2.28. The van der Waals surface area contributed by atoms with Crippen LogP contribution in [0.4, 0.5) is 0 Å². The van der Waals surface area contributed by atoms with Crippen LogP contribution in [0, 0.1) is 0 Å². The van der Waals surface area contributed by atoms with Gasteiger partial charge >= 0.3 is 0 Å². The Bertz CT molecular complexity index is 350. The third-order valence-corrected chi connectivity index (χ3v) is 3.18. The summed E-state index contributed by atoms with van der Waals surface area (Å²) in [6.45, 7) is 0. The molecule has 1 saturated carbocycles. The molecule has 0 aromatic heterocycles. The number of hydrogen-bond donors (Lipinski definition) is 1. The SMILES string of the molecule is COc1ccc(OC2CC(N)C2)c(Br)c1. The van der Waals surface area contributed by atoms with Crippen molar-refractivity contribution in [2.75, 3.05) is 7.11 Å². The standard InChI is InChI=1S/C11H14BrNO2/c1-14-8-2-3-11(10(12)6-8)15-9-4-7(13)5-9/h2-3,6-7,9H,4-5,13H2,1H3. The van der Waals surface area contributed by atoms with Crippen molar-refractivity contribution in [1.29, 1.82) is 0 Å². The second-order valence-electron chi connectivity index (χ2n) is 3.77. The minimum atomic E-state index is 0.268. The van der Waals surface area contributed by atoms with Crippen molar-refractivity contribution < 1.29 is 9.47 Å². The van der Waals surface area contributed by atoms with Gasteiger partial charge in [-0.25, -0.2) is 0 Å². The summed E-state index contributed by atoms with van der Waals surface area (Å²) in [6, 6.07) is 6.01. The molecule has 0 atom stereocenters. The van der Waals surface area contributed by atoms with Gasteiger partial charge in [0.25, 0.3) is 0 Å². The van der Waals surface area contributed by atoms with Crippen LogP contribution in [0.3, 0.4) is 0 Å². The maximum Gasteiger partial charge on any atom is 0.134 e. The zero-order valence-corrected chi connectivity index (χ0v) is 10.2. The van der Waals surface area contributed by atoms with Crippen molar-refractivity contribution in [1.82, 2.24) is 0 Å². The van der Waals surface area contributed by atoms with Gasteiger partial charge in [-0.05, 0) is 47.0 Å². The number of halogens is 1. The predicted molar refractivity (Wildman–Crippen MR) is 62.3 cm³/mol. The molecule has 0 bridgehead atoms. The lowest BCUT2D eigenvalue weighted by Crippen LogP contribution is -2.43. The summed E-state index contributed by atoms with van der Waals surface area (Å²) in [6.07, 6.45) is 2.15. The first kappa shape index (κ1) is 10.8.